The fourth-order valence-corrected chi connectivity index (χ4v) is 2.84. The van der Waals surface area contributed by atoms with Gasteiger partial charge in [0.15, 0.2) is 0 Å². The standard InChI is InChI=1S/C19H20N4O2/c1-14-4-3-9-23(13-14)19(24)22-16-5-2-6-17(10-16)25-18-8-7-15(11-20)12-21-18/h2,5-8,10,12,14H,3-4,9,13H2,1H3,(H,22,24). The predicted octanol–water partition coefficient (Wildman–Crippen LogP) is 4.01. The van der Waals surface area contributed by atoms with E-state index in [0.29, 0.717) is 28.8 Å². The monoisotopic (exact) mass is 336 g/mol. The summed E-state index contributed by atoms with van der Waals surface area (Å²) in [5.41, 5.74) is 1.15. The van der Waals surface area contributed by atoms with Gasteiger partial charge in [-0.25, -0.2) is 9.78 Å². The average molecular weight is 336 g/mol. The summed E-state index contributed by atoms with van der Waals surface area (Å²) in [7, 11) is 0. The van der Waals surface area contributed by atoms with E-state index in [1.807, 2.05) is 23.1 Å². The Morgan fingerprint density at radius 1 is 1.40 bits per heavy atom. The van der Waals surface area contributed by atoms with Gasteiger partial charge in [0.05, 0.1) is 5.56 Å². The molecular weight excluding hydrogens is 316 g/mol. The van der Waals surface area contributed by atoms with E-state index in [1.54, 1.807) is 24.3 Å². The van der Waals surface area contributed by atoms with E-state index in [1.165, 1.54) is 12.6 Å². The predicted molar refractivity (Wildman–Crippen MR) is 94.5 cm³/mol. The third-order valence-corrected chi connectivity index (χ3v) is 4.12. The first kappa shape index (κ1) is 16.8. The summed E-state index contributed by atoms with van der Waals surface area (Å²) < 4.78 is 5.68. The highest BCUT2D eigenvalue weighted by atomic mass is 16.5. The fraction of sp³-hybridized carbons (Fsp3) is 0.316. The smallest absolute Gasteiger partial charge is 0.321 e. The van der Waals surface area contributed by atoms with Crippen molar-refractivity contribution in [3.63, 3.8) is 0 Å². The topological polar surface area (TPSA) is 78.3 Å². The molecule has 6 nitrogen and oxygen atoms in total. The van der Waals surface area contributed by atoms with Crippen molar-refractivity contribution in [1.29, 1.82) is 5.26 Å². The minimum Gasteiger partial charge on any atom is -0.439 e. The Morgan fingerprint density at radius 3 is 3.00 bits per heavy atom. The van der Waals surface area contributed by atoms with Gasteiger partial charge in [0, 0.05) is 37.1 Å². The Kier molecular flexibility index (Phi) is 5.14. The van der Waals surface area contributed by atoms with Crippen molar-refractivity contribution in [2.24, 2.45) is 5.92 Å². The molecule has 128 valence electrons. The van der Waals surface area contributed by atoms with Crippen LogP contribution in [0.15, 0.2) is 42.6 Å². The van der Waals surface area contributed by atoms with Crippen LogP contribution in [0.25, 0.3) is 0 Å². The summed E-state index contributed by atoms with van der Waals surface area (Å²) in [5.74, 6) is 1.51. The first-order valence-electron chi connectivity index (χ1n) is 8.34. The Balaban J connectivity index is 1.64. The number of nitriles is 1. The fourth-order valence-electron chi connectivity index (χ4n) is 2.84. The number of likely N-dealkylation sites (tertiary alicyclic amines) is 1. The summed E-state index contributed by atoms with van der Waals surface area (Å²) in [4.78, 5) is 18.3. The number of hydrogen-bond acceptors (Lipinski definition) is 4. The molecule has 2 aromatic rings. The van der Waals surface area contributed by atoms with Crippen LogP contribution in [-0.4, -0.2) is 29.0 Å². The molecule has 1 aliphatic heterocycles. The number of carbonyl (C=O) groups is 1. The van der Waals surface area contributed by atoms with Gasteiger partial charge >= 0.3 is 6.03 Å². The van der Waals surface area contributed by atoms with Crippen LogP contribution in [0, 0.1) is 17.2 Å². The van der Waals surface area contributed by atoms with Crippen molar-refractivity contribution in [2.45, 2.75) is 19.8 Å². The number of pyridine rings is 1. The summed E-state index contributed by atoms with van der Waals surface area (Å²) in [6.45, 7) is 3.75. The van der Waals surface area contributed by atoms with E-state index in [-0.39, 0.29) is 6.03 Å². The van der Waals surface area contributed by atoms with Gasteiger partial charge in [-0.1, -0.05) is 13.0 Å². The maximum absolute atomic E-state index is 12.4. The molecule has 2 heterocycles. The molecule has 1 aromatic heterocycles. The summed E-state index contributed by atoms with van der Waals surface area (Å²) >= 11 is 0. The number of carbonyl (C=O) groups excluding carboxylic acids is 1. The number of amides is 2. The molecule has 1 atom stereocenters. The Morgan fingerprint density at radius 2 is 2.28 bits per heavy atom. The first-order chi connectivity index (χ1) is 12.1. The largest absolute Gasteiger partial charge is 0.439 e. The molecule has 0 aliphatic carbocycles. The lowest BCUT2D eigenvalue weighted by Gasteiger charge is -2.30. The number of rotatable bonds is 3. The zero-order valence-electron chi connectivity index (χ0n) is 14.1. The molecule has 1 N–H and O–H groups in total. The van der Waals surface area contributed by atoms with Gasteiger partial charge in [-0.2, -0.15) is 5.26 Å². The van der Waals surface area contributed by atoms with Gasteiger partial charge in [0.1, 0.15) is 11.8 Å². The Labute approximate surface area is 147 Å². The molecule has 2 amide bonds. The van der Waals surface area contributed by atoms with Crippen LogP contribution < -0.4 is 10.1 Å². The van der Waals surface area contributed by atoms with Gasteiger partial charge < -0.3 is 15.0 Å². The molecule has 0 saturated carbocycles. The molecule has 0 bridgehead atoms. The maximum atomic E-state index is 12.4. The van der Waals surface area contributed by atoms with E-state index < -0.39 is 0 Å². The molecule has 1 aromatic carbocycles. The van der Waals surface area contributed by atoms with E-state index in [9.17, 15) is 4.79 Å². The van der Waals surface area contributed by atoms with Gasteiger partial charge in [0.25, 0.3) is 0 Å². The molecule has 6 heteroatoms. The molecule has 1 unspecified atom stereocenters. The van der Waals surface area contributed by atoms with Crippen molar-refractivity contribution in [2.75, 3.05) is 18.4 Å². The molecule has 25 heavy (non-hydrogen) atoms. The van der Waals surface area contributed by atoms with Crippen LogP contribution in [0.4, 0.5) is 10.5 Å². The molecule has 0 spiro atoms. The van der Waals surface area contributed by atoms with Crippen molar-refractivity contribution >= 4 is 11.7 Å². The summed E-state index contributed by atoms with van der Waals surface area (Å²) in [6, 6.07) is 12.4. The number of hydrogen-bond donors (Lipinski definition) is 1. The van der Waals surface area contributed by atoms with E-state index >= 15 is 0 Å². The van der Waals surface area contributed by atoms with Crippen molar-refractivity contribution in [1.82, 2.24) is 9.88 Å². The SMILES string of the molecule is CC1CCCN(C(=O)Nc2cccc(Oc3ccc(C#N)cn3)c2)C1. The Hall–Kier alpha value is -3.07. The average Bonchev–Trinajstić information content (AvgIpc) is 2.63. The second kappa shape index (κ2) is 7.67. The molecule has 1 fully saturated rings. The minimum absolute atomic E-state index is 0.0831. The lowest BCUT2D eigenvalue weighted by Crippen LogP contribution is -2.41. The molecule has 3 rings (SSSR count). The number of nitrogens with zero attached hydrogens (tertiary/aromatic N) is 3. The van der Waals surface area contributed by atoms with Crippen LogP contribution in [0.3, 0.4) is 0 Å². The lowest BCUT2D eigenvalue weighted by molar-refractivity contribution is 0.182. The number of ether oxygens (including phenoxy) is 1. The van der Waals surface area contributed by atoms with E-state index in [2.05, 4.69) is 17.2 Å². The summed E-state index contributed by atoms with van der Waals surface area (Å²) in [5, 5.41) is 11.7. The maximum Gasteiger partial charge on any atom is 0.321 e. The van der Waals surface area contributed by atoms with Crippen molar-refractivity contribution in [3.05, 3.63) is 48.2 Å². The van der Waals surface area contributed by atoms with Crippen LogP contribution in [0.5, 0.6) is 11.6 Å². The first-order valence-corrected chi connectivity index (χ1v) is 8.34. The minimum atomic E-state index is -0.0831. The highest BCUT2D eigenvalue weighted by Gasteiger charge is 2.20. The third-order valence-electron chi connectivity index (χ3n) is 4.12. The highest BCUT2D eigenvalue weighted by molar-refractivity contribution is 5.89. The van der Waals surface area contributed by atoms with E-state index in [4.69, 9.17) is 10.00 Å². The number of benzene rings is 1. The molecule has 0 radical (unpaired) electrons. The normalized spacial score (nSPS) is 16.8. The van der Waals surface area contributed by atoms with Crippen molar-refractivity contribution in [3.8, 4) is 17.7 Å². The molecular formula is C19H20N4O2. The zero-order valence-corrected chi connectivity index (χ0v) is 14.1. The van der Waals surface area contributed by atoms with Gasteiger partial charge in [-0.05, 0) is 37.0 Å². The van der Waals surface area contributed by atoms with Gasteiger partial charge in [0.2, 0.25) is 5.88 Å². The highest BCUT2D eigenvalue weighted by Crippen LogP contribution is 2.23. The molecule has 1 saturated heterocycles. The second-order valence-corrected chi connectivity index (χ2v) is 6.25. The number of aromatic nitrogens is 1. The van der Waals surface area contributed by atoms with Crippen molar-refractivity contribution < 1.29 is 9.53 Å². The number of anilines is 1. The van der Waals surface area contributed by atoms with Gasteiger partial charge in [-0.15, -0.1) is 0 Å². The number of urea groups is 1. The zero-order chi connectivity index (χ0) is 17.6. The quantitative estimate of drug-likeness (QED) is 0.918. The lowest BCUT2D eigenvalue weighted by atomic mass is 10.0. The van der Waals surface area contributed by atoms with E-state index in [0.717, 1.165) is 19.5 Å². The molecule has 1 aliphatic rings. The number of piperidine rings is 1. The second-order valence-electron chi connectivity index (χ2n) is 6.25. The number of nitrogens with one attached hydrogen (secondary N) is 1. The van der Waals surface area contributed by atoms with Gasteiger partial charge in [-0.3, -0.25) is 0 Å². The van der Waals surface area contributed by atoms with Crippen LogP contribution >= 0.6 is 0 Å². The third kappa shape index (κ3) is 4.48. The van der Waals surface area contributed by atoms with Crippen LogP contribution in [-0.2, 0) is 0 Å². The van der Waals surface area contributed by atoms with Crippen LogP contribution in [0.2, 0.25) is 0 Å². The van der Waals surface area contributed by atoms with Crippen LogP contribution in [0.1, 0.15) is 25.3 Å². The Bertz CT molecular complexity index is 783. The summed E-state index contributed by atoms with van der Waals surface area (Å²) in [6.07, 6.45) is 3.67.